The highest BCUT2D eigenvalue weighted by Gasteiger charge is 2.14. The van der Waals surface area contributed by atoms with Gasteiger partial charge in [0.1, 0.15) is 5.69 Å². The molecule has 0 aliphatic heterocycles. The van der Waals surface area contributed by atoms with Crippen LogP contribution < -0.4 is 11.3 Å². The lowest BCUT2D eigenvalue weighted by atomic mass is 10.1. The zero-order chi connectivity index (χ0) is 14.5. The fourth-order valence-electron chi connectivity index (χ4n) is 2.36. The standard InChI is InChI=1S/C15H21N3O2/c1-17-13(11-20-2)14(16)15(19)18(17)10-6-9-12-7-4-3-5-8-12/h3-5,7-8H,6,9-11,16H2,1-2H3. The number of hydrogen-bond donors (Lipinski definition) is 1. The van der Waals surface area contributed by atoms with E-state index in [9.17, 15) is 4.79 Å². The van der Waals surface area contributed by atoms with Crippen LogP contribution in [-0.2, 0) is 31.4 Å². The highest BCUT2D eigenvalue weighted by molar-refractivity contribution is 5.41. The normalized spacial score (nSPS) is 10.9. The molecule has 0 spiro atoms. The van der Waals surface area contributed by atoms with Gasteiger partial charge in [-0.15, -0.1) is 0 Å². The van der Waals surface area contributed by atoms with Crippen molar-refractivity contribution in [2.75, 3.05) is 12.8 Å². The van der Waals surface area contributed by atoms with Crippen molar-refractivity contribution in [3.63, 3.8) is 0 Å². The first kappa shape index (κ1) is 14.4. The molecule has 2 rings (SSSR count). The fraction of sp³-hybridized carbons (Fsp3) is 0.400. The van der Waals surface area contributed by atoms with Gasteiger partial charge >= 0.3 is 0 Å². The summed E-state index contributed by atoms with van der Waals surface area (Å²) in [4.78, 5) is 12.1. The molecule has 0 fully saturated rings. The second-order valence-corrected chi connectivity index (χ2v) is 4.83. The zero-order valence-corrected chi connectivity index (χ0v) is 12.0. The average Bonchev–Trinajstić information content (AvgIpc) is 2.66. The van der Waals surface area contributed by atoms with Gasteiger partial charge in [-0.3, -0.25) is 9.48 Å². The number of methoxy groups -OCH3 is 1. The molecule has 108 valence electrons. The Morgan fingerprint density at radius 3 is 2.60 bits per heavy atom. The molecule has 0 amide bonds. The van der Waals surface area contributed by atoms with Crippen LogP contribution in [0.4, 0.5) is 5.69 Å². The molecule has 2 aromatic rings. The maximum atomic E-state index is 12.1. The predicted octanol–water partition coefficient (Wildman–Crippen LogP) is 1.55. The lowest BCUT2D eigenvalue weighted by Crippen LogP contribution is -2.23. The second kappa shape index (κ2) is 6.43. The molecule has 0 atom stereocenters. The number of nitrogens with zero attached hydrogens (tertiary/aromatic N) is 2. The largest absolute Gasteiger partial charge is 0.393 e. The molecule has 20 heavy (non-hydrogen) atoms. The lowest BCUT2D eigenvalue weighted by Gasteiger charge is -2.09. The van der Waals surface area contributed by atoms with Crippen LogP contribution in [0.1, 0.15) is 17.7 Å². The van der Waals surface area contributed by atoms with Crippen molar-refractivity contribution in [1.29, 1.82) is 0 Å². The van der Waals surface area contributed by atoms with Gasteiger partial charge in [0.05, 0.1) is 12.3 Å². The highest BCUT2D eigenvalue weighted by Crippen LogP contribution is 2.09. The molecule has 0 bridgehead atoms. The van der Waals surface area contributed by atoms with Gasteiger partial charge in [0.15, 0.2) is 0 Å². The number of aromatic nitrogens is 2. The summed E-state index contributed by atoms with van der Waals surface area (Å²) in [5.74, 6) is 0. The van der Waals surface area contributed by atoms with Crippen molar-refractivity contribution < 1.29 is 4.74 Å². The number of anilines is 1. The van der Waals surface area contributed by atoms with Gasteiger partial charge in [-0.05, 0) is 18.4 Å². The van der Waals surface area contributed by atoms with Crippen LogP contribution in [0.2, 0.25) is 0 Å². The van der Waals surface area contributed by atoms with Crippen LogP contribution in [0.5, 0.6) is 0 Å². The summed E-state index contributed by atoms with van der Waals surface area (Å²) in [6.45, 7) is 1.00. The third-order valence-electron chi connectivity index (χ3n) is 3.49. The number of aryl methyl sites for hydroxylation is 1. The smallest absolute Gasteiger partial charge is 0.290 e. The molecule has 1 aromatic carbocycles. The molecular weight excluding hydrogens is 254 g/mol. The Hall–Kier alpha value is -2.01. The highest BCUT2D eigenvalue weighted by atomic mass is 16.5. The molecule has 1 aromatic heterocycles. The second-order valence-electron chi connectivity index (χ2n) is 4.83. The van der Waals surface area contributed by atoms with Crippen molar-refractivity contribution in [3.05, 3.63) is 51.9 Å². The summed E-state index contributed by atoms with van der Waals surface area (Å²) in [7, 11) is 3.44. The quantitative estimate of drug-likeness (QED) is 0.870. The first-order valence-electron chi connectivity index (χ1n) is 6.72. The molecule has 0 saturated heterocycles. The average molecular weight is 275 g/mol. The van der Waals surface area contributed by atoms with Crippen LogP contribution in [0, 0.1) is 0 Å². The van der Waals surface area contributed by atoms with Crippen molar-refractivity contribution in [1.82, 2.24) is 9.36 Å². The van der Waals surface area contributed by atoms with Gasteiger partial charge in [0, 0.05) is 20.7 Å². The summed E-state index contributed by atoms with van der Waals surface area (Å²) in [6.07, 6.45) is 1.84. The van der Waals surface area contributed by atoms with E-state index in [1.807, 2.05) is 25.2 Å². The Kier molecular flexibility index (Phi) is 4.63. The molecule has 5 nitrogen and oxygen atoms in total. The Morgan fingerprint density at radius 2 is 1.95 bits per heavy atom. The van der Waals surface area contributed by atoms with E-state index in [1.165, 1.54) is 5.56 Å². The first-order valence-corrected chi connectivity index (χ1v) is 6.72. The van der Waals surface area contributed by atoms with E-state index < -0.39 is 0 Å². The number of nitrogens with two attached hydrogens (primary N) is 1. The van der Waals surface area contributed by atoms with E-state index >= 15 is 0 Å². The van der Waals surface area contributed by atoms with E-state index in [2.05, 4.69) is 12.1 Å². The summed E-state index contributed by atoms with van der Waals surface area (Å²) in [6, 6.07) is 10.2. The molecule has 0 aliphatic carbocycles. The SMILES string of the molecule is COCc1c(N)c(=O)n(CCCc2ccccc2)n1C. The van der Waals surface area contributed by atoms with Gasteiger partial charge in [0.2, 0.25) is 0 Å². The summed E-state index contributed by atoms with van der Waals surface area (Å²) < 4.78 is 8.55. The number of benzene rings is 1. The minimum absolute atomic E-state index is 0.132. The Balaban J connectivity index is 2.06. The number of ether oxygens (including phenoxy) is 1. The molecular formula is C15H21N3O2. The minimum Gasteiger partial charge on any atom is -0.393 e. The number of rotatable bonds is 6. The van der Waals surface area contributed by atoms with Crippen LogP contribution in [0.25, 0.3) is 0 Å². The first-order chi connectivity index (χ1) is 9.65. The number of nitrogen functional groups attached to an aromatic ring is 1. The van der Waals surface area contributed by atoms with Gasteiger partial charge in [0.25, 0.3) is 5.56 Å². The molecule has 5 heteroatoms. The maximum Gasteiger partial charge on any atom is 0.290 e. The van der Waals surface area contributed by atoms with Crippen LogP contribution in [0.15, 0.2) is 35.1 Å². The molecule has 0 radical (unpaired) electrons. The van der Waals surface area contributed by atoms with E-state index in [0.29, 0.717) is 13.2 Å². The maximum absolute atomic E-state index is 12.1. The van der Waals surface area contributed by atoms with Crippen molar-refractivity contribution in [3.8, 4) is 0 Å². The minimum atomic E-state index is -0.132. The molecule has 1 heterocycles. The van der Waals surface area contributed by atoms with E-state index in [-0.39, 0.29) is 11.2 Å². The van der Waals surface area contributed by atoms with E-state index in [4.69, 9.17) is 10.5 Å². The Morgan fingerprint density at radius 1 is 1.25 bits per heavy atom. The topological polar surface area (TPSA) is 62.2 Å². The monoisotopic (exact) mass is 275 g/mol. The van der Waals surface area contributed by atoms with Gasteiger partial charge in [-0.2, -0.15) is 0 Å². The summed E-state index contributed by atoms with van der Waals surface area (Å²) in [5.41, 5.74) is 8.00. The van der Waals surface area contributed by atoms with E-state index in [0.717, 1.165) is 18.5 Å². The van der Waals surface area contributed by atoms with Crippen LogP contribution in [-0.4, -0.2) is 16.5 Å². The third-order valence-corrected chi connectivity index (χ3v) is 3.49. The van der Waals surface area contributed by atoms with Gasteiger partial charge < -0.3 is 10.5 Å². The molecule has 2 N–H and O–H groups in total. The Labute approximate surface area is 118 Å². The predicted molar refractivity (Wildman–Crippen MR) is 79.6 cm³/mol. The van der Waals surface area contributed by atoms with Gasteiger partial charge in [-0.25, -0.2) is 4.68 Å². The fourth-order valence-corrected chi connectivity index (χ4v) is 2.36. The van der Waals surface area contributed by atoms with Crippen molar-refractivity contribution in [2.24, 2.45) is 7.05 Å². The zero-order valence-electron chi connectivity index (χ0n) is 12.0. The molecule has 0 aliphatic rings. The van der Waals surface area contributed by atoms with Crippen molar-refractivity contribution >= 4 is 5.69 Å². The number of hydrogen-bond acceptors (Lipinski definition) is 3. The third kappa shape index (κ3) is 2.93. The Bertz CT molecular complexity index is 614. The summed E-state index contributed by atoms with van der Waals surface area (Å²) >= 11 is 0. The van der Waals surface area contributed by atoms with Crippen molar-refractivity contribution in [2.45, 2.75) is 26.0 Å². The van der Waals surface area contributed by atoms with Gasteiger partial charge in [-0.1, -0.05) is 30.3 Å². The molecule has 0 saturated carbocycles. The lowest BCUT2D eigenvalue weighted by molar-refractivity contribution is 0.176. The molecule has 0 unspecified atom stereocenters. The summed E-state index contributed by atoms with van der Waals surface area (Å²) in [5, 5.41) is 0. The van der Waals surface area contributed by atoms with E-state index in [1.54, 1.807) is 16.5 Å². The van der Waals surface area contributed by atoms with Crippen LogP contribution in [0.3, 0.4) is 0 Å². The van der Waals surface area contributed by atoms with Crippen LogP contribution >= 0.6 is 0 Å².